The normalized spacial score (nSPS) is 10.6. The Hall–Kier alpha value is -5.43. The van der Waals surface area contributed by atoms with Crippen LogP contribution in [0.15, 0.2) is 83.8 Å². The Morgan fingerprint density at radius 3 is 2.47 bits per heavy atom. The number of halogens is 1. The standard InChI is InChI=1S/C29H29ClN6O7/c1-2-43-27(40)18-36(26(39)13-12-24(37)32-16-19-7-4-3-5-8-19)34-25(38)17-35-14-6-9-23(29(35)42)33-28(41)20-10-11-22(31)21(30)15-20/h3-15H,2,16-18,31H2,1H3,(H,32,37)(H,33,41)(H,34,38)/b13-12+. The molecular formula is C29H29ClN6O7. The highest BCUT2D eigenvalue weighted by Crippen LogP contribution is 2.20. The van der Waals surface area contributed by atoms with Gasteiger partial charge in [-0.1, -0.05) is 41.9 Å². The number of ether oxygens (including phenoxy) is 1. The molecule has 224 valence electrons. The average Bonchev–Trinajstić information content (AvgIpc) is 2.98. The summed E-state index contributed by atoms with van der Waals surface area (Å²) in [5.41, 5.74) is 8.35. The van der Waals surface area contributed by atoms with Crippen LogP contribution in [-0.2, 0) is 37.0 Å². The van der Waals surface area contributed by atoms with Gasteiger partial charge in [-0.2, -0.15) is 0 Å². The number of pyridine rings is 1. The molecule has 0 saturated carbocycles. The monoisotopic (exact) mass is 608 g/mol. The molecule has 43 heavy (non-hydrogen) atoms. The molecule has 0 bridgehead atoms. The molecule has 0 radical (unpaired) electrons. The maximum absolute atomic E-state index is 12.9. The zero-order valence-corrected chi connectivity index (χ0v) is 23.8. The van der Waals surface area contributed by atoms with Gasteiger partial charge in [0.1, 0.15) is 18.8 Å². The van der Waals surface area contributed by atoms with Crippen LogP contribution < -0.4 is 27.4 Å². The third-order valence-corrected chi connectivity index (χ3v) is 5.98. The Labute approximate surface area is 251 Å². The minimum atomic E-state index is -0.896. The van der Waals surface area contributed by atoms with Crippen LogP contribution in [0.25, 0.3) is 0 Å². The molecule has 0 atom stereocenters. The molecule has 0 aliphatic carbocycles. The van der Waals surface area contributed by atoms with Crippen LogP contribution in [0.4, 0.5) is 11.4 Å². The third-order valence-electron chi connectivity index (χ3n) is 5.65. The van der Waals surface area contributed by atoms with E-state index in [-0.39, 0.29) is 35.1 Å². The van der Waals surface area contributed by atoms with Crippen molar-refractivity contribution >= 4 is 52.6 Å². The molecular weight excluding hydrogens is 580 g/mol. The van der Waals surface area contributed by atoms with Crippen LogP contribution in [0.5, 0.6) is 0 Å². The van der Waals surface area contributed by atoms with Gasteiger partial charge in [-0.15, -0.1) is 0 Å². The first-order valence-corrected chi connectivity index (χ1v) is 13.3. The summed E-state index contributed by atoms with van der Waals surface area (Å²) < 4.78 is 5.85. The van der Waals surface area contributed by atoms with Gasteiger partial charge >= 0.3 is 5.97 Å². The number of carbonyl (C=O) groups excluding carboxylic acids is 5. The lowest BCUT2D eigenvalue weighted by atomic mass is 10.2. The molecule has 3 rings (SSSR count). The predicted octanol–water partition coefficient (Wildman–Crippen LogP) is 1.63. The summed E-state index contributed by atoms with van der Waals surface area (Å²) in [5.74, 6) is -3.77. The number of carbonyl (C=O) groups is 5. The van der Waals surface area contributed by atoms with Crippen molar-refractivity contribution in [2.75, 3.05) is 24.2 Å². The zero-order valence-electron chi connectivity index (χ0n) is 23.0. The molecule has 14 heteroatoms. The van der Waals surface area contributed by atoms with E-state index in [0.717, 1.165) is 22.3 Å². The van der Waals surface area contributed by atoms with Crippen molar-refractivity contribution in [2.24, 2.45) is 0 Å². The molecule has 3 aromatic rings. The van der Waals surface area contributed by atoms with Gasteiger partial charge in [-0.3, -0.25) is 34.2 Å². The van der Waals surface area contributed by atoms with Gasteiger partial charge in [-0.25, -0.2) is 5.01 Å². The Bertz CT molecular complexity index is 1590. The van der Waals surface area contributed by atoms with Gasteiger partial charge < -0.3 is 25.7 Å². The first-order chi connectivity index (χ1) is 20.6. The number of benzene rings is 2. The molecule has 0 fully saturated rings. The third kappa shape index (κ3) is 9.86. The van der Waals surface area contributed by atoms with E-state index in [2.05, 4.69) is 16.1 Å². The number of aromatic nitrogens is 1. The molecule has 0 aliphatic rings. The van der Waals surface area contributed by atoms with Crippen molar-refractivity contribution < 1.29 is 28.7 Å². The van der Waals surface area contributed by atoms with Crippen LogP contribution in [0, 0.1) is 0 Å². The highest BCUT2D eigenvalue weighted by Gasteiger charge is 2.20. The largest absolute Gasteiger partial charge is 0.465 e. The van der Waals surface area contributed by atoms with Crippen molar-refractivity contribution in [3.05, 3.63) is 106 Å². The fraction of sp³-hybridized carbons (Fsp3) is 0.172. The maximum atomic E-state index is 12.9. The highest BCUT2D eigenvalue weighted by atomic mass is 35.5. The molecule has 5 N–H and O–H groups in total. The number of esters is 1. The molecule has 1 aromatic heterocycles. The van der Waals surface area contributed by atoms with Crippen LogP contribution >= 0.6 is 11.6 Å². The summed E-state index contributed by atoms with van der Waals surface area (Å²) in [5, 5.41) is 5.89. The van der Waals surface area contributed by atoms with Gasteiger partial charge in [0.15, 0.2) is 0 Å². The van der Waals surface area contributed by atoms with Crippen LogP contribution in [0.3, 0.4) is 0 Å². The second-order valence-electron chi connectivity index (χ2n) is 8.85. The second-order valence-corrected chi connectivity index (χ2v) is 9.25. The Morgan fingerprint density at radius 2 is 1.77 bits per heavy atom. The highest BCUT2D eigenvalue weighted by molar-refractivity contribution is 6.33. The lowest BCUT2D eigenvalue weighted by Crippen LogP contribution is -2.50. The van der Waals surface area contributed by atoms with E-state index < -0.39 is 48.2 Å². The lowest BCUT2D eigenvalue weighted by Gasteiger charge is -2.21. The maximum Gasteiger partial charge on any atom is 0.327 e. The first-order valence-electron chi connectivity index (χ1n) is 12.9. The van der Waals surface area contributed by atoms with E-state index in [4.69, 9.17) is 22.1 Å². The number of anilines is 2. The summed E-state index contributed by atoms with van der Waals surface area (Å²) >= 11 is 5.96. The van der Waals surface area contributed by atoms with E-state index in [1.54, 1.807) is 6.92 Å². The molecule has 1 heterocycles. The van der Waals surface area contributed by atoms with Crippen LogP contribution in [-0.4, -0.2) is 52.3 Å². The summed E-state index contributed by atoms with van der Waals surface area (Å²) in [7, 11) is 0. The van der Waals surface area contributed by atoms with Crippen LogP contribution in [0.2, 0.25) is 5.02 Å². The van der Waals surface area contributed by atoms with Gasteiger partial charge in [-0.05, 0) is 42.8 Å². The minimum Gasteiger partial charge on any atom is -0.465 e. The number of hydrogen-bond acceptors (Lipinski definition) is 8. The number of nitrogens with two attached hydrogens (primary N) is 1. The van der Waals surface area contributed by atoms with Gasteiger partial charge in [0.05, 0.1) is 17.3 Å². The molecule has 13 nitrogen and oxygen atoms in total. The molecule has 4 amide bonds. The quantitative estimate of drug-likeness (QED) is 0.110. The van der Waals surface area contributed by atoms with Crippen molar-refractivity contribution in [3.8, 4) is 0 Å². The van der Waals surface area contributed by atoms with Crippen molar-refractivity contribution in [1.29, 1.82) is 0 Å². The number of hydrazine groups is 1. The fourth-order valence-corrected chi connectivity index (χ4v) is 3.73. The Balaban J connectivity index is 1.67. The Kier molecular flexibility index (Phi) is 11.6. The first kappa shape index (κ1) is 32.1. The molecule has 0 saturated heterocycles. The molecule has 0 unspecified atom stereocenters. The summed E-state index contributed by atoms with van der Waals surface area (Å²) in [4.78, 5) is 75.4. The predicted molar refractivity (Wildman–Crippen MR) is 158 cm³/mol. The fourth-order valence-electron chi connectivity index (χ4n) is 3.55. The van der Waals surface area contributed by atoms with Gasteiger partial charge in [0.2, 0.25) is 5.91 Å². The zero-order chi connectivity index (χ0) is 31.4. The number of amides is 4. The van der Waals surface area contributed by atoms with Crippen LogP contribution in [0.1, 0.15) is 22.8 Å². The van der Waals surface area contributed by atoms with E-state index in [9.17, 15) is 28.8 Å². The number of rotatable bonds is 11. The minimum absolute atomic E-state index is 0.0308. The lowest BCUT2D eigenvalue weighted by molar-refractivity contribution is -0.151. The molecule has 0 spiro atoms. The summed E-state index contributed by atoms with van der Waals surface area (Å²) in [6.45, 7) is 0.583. The van der Waals surface area contributed by atoms with Crippen molar-refractivity contribution in [3.63, 3.8) is 0 Å². The van der Waals surface area contributed by atoms with Crippen molar-refractivity contribution in [1.82, 2.24) is 20.3 Å². The van der Waals surface area contributed by atoms with Gasteiger partial charge in [0.25, 0.3) is 23.3 Å². The summed E-state index contributed by atoms with van der Waals surface area (Å²) in [6.07, 6.45) is 3.14. The Morgan fingerprint density at radius 1 is 1.02 bits per heavy atom. The average molecular weight is 609 g/mol. The van der Waals surface area contributed by atoms with E-state index in [1.165, 1.54) is 36.5 Å². The van der Waals surface area contributed by atoms with E-state index >= 15 is 0 Å². The smallest absolute Gasteiger partial charge is 0.327 e. The van der Waals surface area contributed by atoms with E-state index in [1.807, 2.05) is 30.3 Å². The number of hydrogen-bond donors (Lipinski definition) is 4. The molecule has 2 aromatic carbocycles. The van der Waals surface area contributed by atoms with E-state index in [0.29, 0.717) is 5.01 Å². The van der Waals surface area contributed by atoms with Gasteiger partial charge in [0, 0.05) is 30.5 Å². The summed E-state index contributed by atoms with van der Waals surface area (Å²) in [6, 6.07) is 16.1. The topological polar surface area (TPSA) is 182 Å². The SMILES string of the molecule is CCOC(=O)CN(NC(=O)Cn1cccc(NC(=O)c2ccc(N)c(Cl)c2)c1=O)C(=O)/C=C/C(=O)NCc1ccccc1. The molecule has 0 aliphatic heterocycles. The van der Waals surface area contributed by atoms with Crippen molar-refractivity contribution in [2.45, 2.75) is 20.0 Å². The number of nitrogen functional groups attached to an aromatic ring is 1. The number of nitrogens with one attached hydrogen (secondary N) is 3. The second kappa shape index (κ2) is 15.5. The number of nitrogens with zero attached hydrogens (tertiary/aromatic N) is 2.